The van der Waals surface area contributed by atoms with Crippen molar-refractivity contribution in [3.63, 3.8) is 0 Å². The van der Waals surface area contributed by atoms with Gasteiger partial charge in [0.1, 0.15) is 0 Å². The largest absolute Gasteiger partial charge is 0.398 e. The van der Waals surface area contributed by atoms with Gasteiger partial charge in [-0.3, -0.25) is 0 Å². The van der Waals surface area contributed by atoms with Crippen LogP contribution >= 0.6 is 15.9 Å². The van der Waals surface area contributed by atoms with Crippen LogP contribution in [0.5, 0.6) is 0 Å². The van der Waals surface area contributed by atoms with Crippen molar-refractivity contribution in [3.05, 3.63) is 22.2 Å². The molecular weight excluding hydrogens is 340 g/mol. The van der Waals surface area contributed by atoms with Crippen molar-refractivity contribution in [2.24, 2.45) is 5.41 Å². The molecule has 112 valence electrons. The SMILES string of the molecule is CCC1(CNS(=O)(=O)c2cc(Br)cc(N)c2C)CCC1. The molecular formula is C14H21BrN2O2S. The molecule has 1 aliphatic carbocycles. The van der Waals surface area contributed by atoms with E-state index in [1.54, 1.807) is 19.1 Å². The number of sulfonamides is 1. The number of halogens is 1. The lowest BCUT2D eigenvalue weighted by Crippen LogP contribution is -2.41. The summed E-state index contributed by atoms with van der Waals surface area (Å²) in [5.41, 5.74) is 7.07. The molecule has 0 saturated heterocycles. The maximum atomic E-state index is 12.5. The zero-order valence-electron chi connectivity index (χ0n) is 11.9. The fraction of sp³-hybridized carbons (Fsp3) is 0.571. The third-order valence-corrected chi connectivity index (χ3v) is 6.44. The Morgan fingerprint density at radius 2 is 2.05 bits per heavy atom. The van der Waals surface area contributed by atoms with Gasteiger partial charge in [0.15, 0.2) is 0 Å². The van der Waals surface area contributed by atoms with Crippen molar-refractivity contribution >= 4 is 31.6 Å². The standard InChI is InChI=1S/C14H21BrN2O2S/c1-3-14(5-4-6-14)9-17-20(18,19)13-8-11(15)7-12(16)10(13)2/h7-8,17H,3-6,9,16H2,1-2H3. The lowest BCUT2D eigenvalue weighted by atomic mass is 9.67. The van der Waals surface area contributed by atoms with Crippen LogP contribution in [0, 0.1) is 12.3 Å². The number of nitrogen functional groups attached to an aromatic ring is 1. The molecule has 0 aromatic heterocycles. The van der Waals surface area contributed by atoms with Gasteiger partial charge in [-0.15, -0.1) is 0 Å². The van der Waals surface area contributed by atoms with Crippen molar-refractivity contribution in [2.75, 3.05) is 12.3 Å². The van der Waals surface area contributed by atoms with Gasteiger partial charge in [-0.05, 0) is 49.3 Å². The Labute approximate surface area is 129 Å². The molecule has 3 N–H and O–H groups in total. The molecule has 0 unspecified atom stereocenters. The Balaban J connectivity index is 2.23. The Hall–Kier alpha value is -0.590. The quantitative estimate of drug-likeness (QED) is 0.791. The Kier molecular flexibility index (Phi) is 4.47. The first-order chi connectivity index (χ1) is 9.30. The number of hydrogen-bond acceptors (Lipinski definition) is 3. The first kappa shape index (κ1) is 15.8. The number of nitrogens with one attached hydrogen (secondary N) is 1. The summed E-state index contributed by atoms with van der Waals surface area (Å²) in [4.78, 5) is 0.259. The Morgan fingerprint density at radius 3 is 2.55 bits per heavy atom. The molecule has 1 aromatic carbocycles. The Morgan fingerprint density at radius 1 is 1.40 bits per heavy atom. The summed E-state index contributed by atoms with van der Waals surface area (Å²) in [6, 6.07) is 3.32. The van der Waals surface area contributed by atoms with E-state index >= 15 is 0 Å². The van der Waals surface area contributed by atoms with Gasteiger partial charge in [-0.25, -0.2) is 13.1 Å². The third-order valence-electron chi connectivity index (χ3n) is 4.46. The summed E-state index contributed by atoms with van der Waals surface area (Å²) in [5.74, 6) is 0. The molecule has 0 bridgehead atoms. The molecule has 0 amide bonds. The topological polar surface area (TPSA) is 72.2 Å². The van der Waals surface area contributed by atoms with Crippen molar-refractivity contribution in [2.45, 2.75) is 44.4 Å². The van der Waals surface area contributed by atoms with Crippen LogP contribution in [0.1, 0.15) is 38.2 Å². The van der Waals surface area contributed by atoms with Gasteiger partial charge >= 0.3 is 0 Å². The van der Waals surface area contributed by atoms with E-state index in [1.807, 2.05) is 0 Å². The number of anilines is 1. The molecule has 2 rings (SSSR count). The highest BCUT2D eigenvalue weighted by molar-refractivity contribution is 9.10. The van der Waals surface area contributed by atoms with Crippen molar-refractivity contribution < 1.29 is 8.42 Å². The van der Waals surface area contributed by atoms with E-state index in [2.05, 4.69) is 27.6 Å². The van der Waals surface area contributed by atoms with Gasteiger partial charge in [0.05, 0.1) is 4.90 Å². The van der Waals surface area contributed by atoms with Gasteiger partial charge in [-0.1, -0.05) is 29.3 Å². The maximum absolute atomic E-state index is 12.5. The fourth-order valence-electron chi connectivity index (χ4n) is 2.61. The average molecular weight is 361 g/mol. The molecule has 0 spiro atoms. The highest BCUT2D eigenvalue weighted by Crippen LogP contribution is 2.43. The average Bonchev–Trinajstić information content (AvgIpc) is 2.32. The monoisotopic (exact) mass is 360 g/mol. The summed E-state index contributed by atoms with van der Waals surface area (Å²) in [7, 11) is -3.52. The number of nitrogens with two attached hydrogens (primary N) is 1. The first-order valence-corrected chi connectivity index (χ1v) is 9.12. The van der Waals surface area contributed by atoms with Gasteiger partial charge in [0.25, 0.3) is 0 Å². The van der Waals surface area contributed by atoms with Crippen molar-refractivity contribution in [1.82, 2.24) is 4.72 Å². The molecule has 1 fully saturated rings. The lowest BCUT2D eigenvalue weighted by Gasteiger charge is -2.41. The van der Waals surface area contributed by atoms with Crippen molar-refractivity contribution in [3.8, 4) is 0 Å². The number of hydrogen-bond donors (Lipinski definition) is 2. The maximum Gasteiger partial charge on any atom is 0.240 e. The fourth-order valence-corrected chi connectivity index (χ4v) is 4.69. The summed E-state index contributed by atoms with van der Waals surface area (Å²) < 4.78 is 28.4. The van der Waals surface area contributed by atoms with Crippen LogP contribution < -0.4 is 10.5 Å². The molecule has 1 aromatic rings. The minimum Gasteiger partial charge on any atom is -0.398 e. The van der Waals surface area contributed by atoms with Crippen LogP contribution in [-0.2, 0) is 10.0 Å². The van der Waals surface area contributed by atoms with E-state index in [0.29, 0.717) is 22.3 Å². The van der Waals surface area contributed by atoms with Gasteiger partial charge in [0, 0.05) is 16.7 Å². The second kappa shape index (κ2) is 5.66. The molecule has 4 nitrogen and oxygen atoms in total. The highest BCUT2D eigenvalue weighted by atomic mass is 79.9. The molecule has 0 heterocycles. The summed E-state index contributed by atoms with van der Waals surface area (Å²) >= 11 is 3.30. The van der Waals surface area contributed by atoms with Gasteiger partial charge in [-0.2, -0.15) is 0 Å². The smallest absolute Gasteiger partial charge is 0.240 e. The molecule has 0 radical (unpaired) electrons. The zero-order valence-corrected chi connectivity index (χ0v) is 14.3. The van der Waals surface area contributed by atoms with E-state index in [0.717, 1.165) is 19.3 Å². The molecule has 1 saturated carbocycles. The van der Waals surface area contributed by atoms with Crippen LogP contribution in [0.4, 0.5) is 5.69 Å². The number of benzene rings is 1. The van der Waals surface area contributed by atoms with Gasteiger partial charge < -0.3 is 5.73 Å². The molecule has 6 heteroatoms. The van der Waals surface area contributed by atoms with Crippen LogP contribution in [0.3, 0.4) is 0 Å². The van der Waals surface area contributed by atoms with E-state index in [-0.39, 0.29) is 10.3 Å². The highest BCUT2D eigenvalue weighted by Gasteiger charge is 2.36. The second-order valence-corrected chi connectivity index (χ2v) is 8.30. The van der Waals surface area contributed by atoms with E-state index in [9.17, 15) is 8.42 Å². The number of rotatable bonds is 5. The predicted molar refractivity (Wildman–Crippen MR) is 85.1 cm³/mol. The second-order valence-electron chi connectivity index (χ2n) is 5.65. The van der Waals surface area contributed by atoms with Crippen molar-refractivity contribution in [1.29, 1.82) is 0 Å². The summed E-state index contributed by atoms with van der Waals surface area (Å²) in [6.07, 6.45) is 4.41. The Bertz CT molecular complexity index is 604. The summed E-state index contributed by atoms with van der Waals surface area (Å²) in [5, 5.41) is 0. The molecule has 0 aliphatic heterocycles. The predicted octanol–water partition coefficient (Wildman–Crippen LogP) is 3.20. The van der Waals surface area contributed by atoms with Gasteiger partial charge in [0.2, 0.25) is 10.0 Å². The molecule has 0 atom stereocenters. The van der Waals surface area contributed by atoms with Crippen LogP contribution in [0.2, 0.25) is 0 Å². The summed E-state index contributed by atoms with van der Waals surface area (Å²) in [6.45, 7) is 4.36. The van der Waals surface area contributed by atoms with E-state index in [4.69, 9.17) is 5.73 Å². The minimum atomic E-state index is -3.52. The van der Waals surface area contributed by atoms with E-state index < -0.39 is 10.0 Å². The first-order valence-electron chi connectivity index (χ1n) is 6.85. The normalized spacial score (nSPS) is 17.8. The molecule has 20 heavy (non-hydrogen) atoms. The van der Waals surface area contributed by atoms with E-state index in [1.165, 1.54) is 6.42 Å². The third kappa shape index (κ3) is 3.02. The van der Waals surface area contributed by atoms with Crippen LogP contribution in [-0.4, -0.2) is 15.0 Å². The van der Waals surface area contributed by atoms with Crippen LogP contribution in [0.25, 0.3) is 0 Å². The minimum absolute atomic E-state index is 0.151. The zero-order chi connectivity index (χ0) is 15.0. The van der Waals surface area contributed by atoms with Crippen LogP contribution in [0.15, 0.2) is 21.5 Å². The lowest BCUT2D eigenvalue weighted by molar-refractivity contribution is 0.133. The molecule has 1 aliphatic rings.